The lowest BCUT2D eigenvalue weighted by molar-refractivity contribution is -0.137. The van der Waals surface area contributed by atoms with Gasteiger partial charge in [0.1, 0.15) is 5.75 Å². The molecule has 0 aliphatic heterocycles. The van der Waals surface area contributed by atoms with Gasteiger partial charge in [-0.05, 0) is 50.2 Å². The molecule has 0 bridgehead atoms. The molecule has 0 aliphatic rings. The number of nitrogens with one attached hydrogen (secondary N) is 2. The number of hydrogen-bond donors (Lipinski definition) is 3. The molecule has 0 fully saturated rings. The number of anilines is 1. The van der Waals surface area contributed by atoms with E-state index in [0.717, 1.165) is 11.1 Å². The summed E-state index contributed by atoms with van der Waals surface area (Å²) >= 11 is 0. The van der Waals surface area contributed by atoms with Crippen molar-refractivity contribution < 1.29 is 24.2 Å². The quantitative estimate of drug-likeness (QED) is 0.469. The fraction of sp³-hybridized carbons (Fsp3) is 0.208. The number of rotatable bonds is 8. The minimum absolute atomic E-state index is 0.106. The molecule has 1 aromatic heterocycles. The second-order valence-corrected chi connectivity index (χ2v) is 7.16. The highest BCUT2D eigenvalue weighted by atomic mass is 16.5. The molecule has 1 heterocycles. The van der Waals surface area contributed by atoms with Crippen molar-refractivity contribution in [2.24, 2.45) is 0 Å². The van der Waals surface area contributed by atoms with Crippen LogP contribution < -0.4 is 15.5 Å². The van der Waals surface area contributed by atoms with E-state index in [1.165, 1.54) is 4.68 Å². The van der Waals surface area contributed by atoms with Crippen LogP contribution >= 0.6 is 0 Å². The summed E-state index contributed by atoms with van der Waals surface area (Å²) in [5, 5.41) is 11.6. The molecule has 2 amide bonds. The van der Waals surface area contributed by atoms with E-state index in [2.05, 4.69) is 10.7 Å². The highest BCUT2D eigenvalue weighted by Gasteiger charge is 2.19. The zero-order valence-electron chi connectivity index (χ0n) is 17.9. The first-order valence-corrected chi connectivity index (χ1v) is 10.2. The van der Waals surface area contributed by atoms with E-state index in [9.17, 15) is 14.4 Å². The van der Waals surface area contributed by atoms with Gasteiger partial charge in [-0.1, -0.05) is 29.8 Å². The van der Waals surface area contributed by atoms with Gasteiger partial charge in [-0.2, -0.15) is 0 Å². The average Bonchev–Trinajstić information content (AvgIpc) is 3.16. The van der Waals surface area contributed by atoms with Crippen LogP contribution in [0.2, 0.25) is 0 Å². The van der Waals surface area contributed by atoms with Crippen LogP contribution in [0.4, 0.5) is 5.69 Å². The maximum Gasteiger partial charge on any atom is 0.328 e. The number of carbonyl (C=O) groups is 3. The maximum absolute atomic E-state index is 12.6. The molecular formula is C24H25N3O5. The van der Waals surface area contributed by atoms with Crippen molar-refractivity contribution in [1.29, 1.82) is 0 Å². The monoisotopic (exact) mass is 435 g/mol. The normalized spacial score (nSPS) is 10.4. The van der Waals surface area contributed by atoms with Crippen LogP contribution in [0.3, 0.4) is 0 Å². The van der Waals surface area contributed by atoms with Crippen LogP contribution in [0.15, 0.2) is 60.7 Å². The summed E-state index contributed by atoms with van der Waals surface area (Å²) in [6.45, 7) is 4.36. The van der Waals surface area contributed by atoms with Crippen molar-refractivity contribution in [1.82, 2.24) is 4.68 Å². The summed E-state index contributed by atoms with van der Waals surface area (Å²) < 4.78 is 6.83. The maximum atomic E-state index is 12.6. The summed E-state index contributed by atoms with van der Waals surface area (Å²) in [5.41, 5.74) is 6.17. The van der Waals surface area contributed by atoms with E-state index in [1.807, 2.05) is 38.1 Å². The van der Waals surface area contributed by atoms with Crippen LogP contribution in [-0.2, 0) is 20.8 Å². The Morgan fingerprint density at radius 2 is 1.62 bits per heavy atom. The van der Waals surface area contributed by atoms with Crippen molar-refractivity contribution >= 4 is 23.5 Å². The van der Waals surface area contributed by atoms with Crippen LogP contribution in [0.1, 0.15) is 24.6 Å². The molecule has 8 heteroatoms. The Morgan fingerprint density at radius 3 is 2.25 bits per heavy atom. The summed E-state index contributed by atoms with van der Waals surface area (Å²) in [7, 11) is 0. The SMILES string of the molecule is CCOc1ccc(NC(=O)C(=O)Nn2c(CCC(=O)O)ccc2-c2ccc(C)cc2)cc1. The smallest absolute Gasteiger partial charge is 0.328 e. The molecular weight excluding hydrogens is 410 g/mol. The molecule has 2 aromatic carbocycles. The van der Waals surface area contributed by atoms with Gasteiger partial charge in [0.15, 0.2) is 0 Å². The number of aromatic nitrogens is 1. The van der Waals surface area contributed by atoms with Crippen molar-refractivity contribution in [3.05, 3.63) is 71.9 Å². The minimum Gasteiger partial charge on any atom is -0.494 e. The lowest BCUT2D eigenvalue weighted by Gasteiger charge is -2.15. The zero-order chi connectivity index (χ0) is 23.1. The van der Waals surface area contributed by atoms with E-state index < -0.39 is 17.8 Å². The van der Waals surface area contributed by atoms with Crippen molar-refractivity contribution in [2.45, 2.75) is 26.7 Å². The first kappa shape index (κ1) is 22.6. The van der Waals surface area contributed by atoms with Gasteiger partial charge in [0.2, 0.25) is 0 Å². The second-order valence-electron chi connectivity index (χ2n) is 7.16. The molecule has 166 valence electrons. The lowest BCUT2D eigenvalue weighted by Crippen LogP contribution is -2.35. The Kier molecular flexibility index (Phi) is 7.28. The Labute approximate surface area is 185 Å². The summed E-state index contributed by atoms with van der Waals surface area (Å²) in [5.74, 6) is -2.01. The van der Waals surface area contributed by atoms with E-state index in [0.29, 0.717) is 29.4 Å². The number of aliphatic carboxylic acids is 1. The van der Waals surface area contributed by atoms with E-state index in [1.54, 1.807) is 36.4 Å². The number of hydrogen-bond acceptors (Lipinski definition) is 4. The van der Waals surface area contributed by atoms with Crippen molar-refractivity contribution in [3.8, 4) is 17.0 Å². The predicted molar refractivity (Wildman–Crippen MR) is 121 cm³/mol. The molecule has 0 saturated carbocycles. The molecule has 3 N–H and O–H groups in total. The summed E-state index contributed by atoms with van der Waals surface area (Å²) in [4.78, 5) is 36.1. The number of carbonyl (C=O) groups excluding carboxylic acids is 2. The highest BCUT2D eigenvalue weighted by Crippen LogP contribution is 2.23. The second kappa shape index (κ2) is 10.3. The van der Waals surface area contributed by atoms with Crippen LogP contribution in [0, 0.1) is 6.92 Å². The Morgan fingerprint density at radius 1 is 0.938 bits per heavy atom. The number of ether oxygens (including phenoxy) is 1. The topological polar surface area (TPSA) is 110 Å². The fourth-order valence-corrected chi connectivity index (χ4v) is 3.13. The number of carboxylic acids is 1. The van der Waals surface area contributed by atoms with E-state index >= 15 is 0 Å². The minimum atomic E-state index is -0.950. The van der Waals surface area contributed by atoms with Crippen molar-refractivity contribution in [2.75, 3.05) is 17.3 Å². The number of benzene rings is 2. The number of aryl methyl sites for hydroxylation is 2. The van der Waals surface area contributed by atoms with Crippen molar-refractivity contribution in [3.63, 3.8) is 0 Å². The molecule has 3 rings (SSSR count). The Bertz CT molecular complexity index is 1100. The van der Waals surface area contributed by atoms with Gasteiger partial charge in [-0.3, -0.25) is 24.5 Å². The first-order chi connectivity index (χ1) is 15.4. The summed E-state index contributed by atoms with van der Waals surface area (Å²) in [6.07, 6.45) is 0.0909. The van der Waals surface area contributed by atoms with Crippen LogP contribution in [-0.4, -0.2) is 34.2 Å². The van der Waals surface area contributed by atoms with Gasteiger partial charge in [0.05, 0.1) is 18.7 Å². The van der Waals surface area contributed by atoms with E-state index in [4.69, 9.17) is 9.84 Å². The summed E-state index contributed by atoms with van der Waals surface area (Å²) in [6, 6.07) is 17.9. The molecule has 0 radical (unpaired) electrons. The van der Waals surface area contributed by atoms with Crippen LogP contribution in [0.5, 0.6) is 5.75 Å². The zero-order valence-corrected chi connectivity index (χ0v) is 17.9. The standard InChI is InChI=1S/C24H25N3O5/c1-3-32-20-12-8-18(9-13-20)25-23(30)24(31)26-27-19(11-15-22(28)29)10-14-21(27)17-6-4-16(2)5-7-17/h4-10,12-14H,3,11,15H2,1-2H3,(H,25,30)(H,26,31)(H,28,29). The molecule has 0 spiro atoms. The first-order valence-electron chi connectivity index (χ1n) is 10.2. The van der Waals surface area contributed by atoms with Gasteiger partial charge in [-0.25, -0.2) is 0 Å². The number of nitrogens with zero attached hydrogens (tertiary/aromatic N) is 1. The predicted octanol–water partition coefficient (Wildman–Crippen LogP) is 3.59. The highest BCUT2D eigenvalue weighted by molar-refractivity contribution is 6.42. The number of carboxylic acid groups (broad SMARTS) is 1. The lowest BCUT2D eigenvalue weighted by atomic mass is 10.1. The molecule has 0 unspecified atom stereocenters. The van der Waals surface area contributed by atoms with E-state index in [-0.39, 0.29) is 12.8 Å². The molecule has 8 nitrogen and oxygen atoms in total. The molecule has 3 aromatic rings. The van der Waals surface area contributed by atoms with Gasteiger partial charge in [-0.15, -0.1) is 0 Å². The fourth-order valence-electron chi connectivity index (χ4n) is 3.13. The van der Waals surface area contributed by atoms with Gasteiger partial charge >= 0.3 is 17.8 Å². The molecule has 32 heavy (non-hydrogen) atoms. The van der Waals surface area contributed by atoms with Crippen LogP contribution in [0.25, 0.3) is 11.3 Å². The Hall–Kier alpha value is -4.07. The third-order valence-electron chi connectivity index (χ3n) is 4.75. The average molecular weight is 435 g/mol. The third-order valence-corrected chi connectivity index (χ3v) is 4.75. The van der Waals surface area contributed by atoms with Gasteiger partial charge in [0, 0.05) is 23.4 Å². The third kappa shape index (κ3) is 5.75. The number of amides is 2. The molecule has 0 atom stereocenters. The largest absolute Gasteiger partial charge is 0.494 e. The van der Waals surface area contributed by atoms with Gasteiger partial charge < -0.3 is 15.2 Å². The molecule has 0 aliphatic carbocycles. The van der Waals surface area contributed by atoms with Gasteiger partial charge in [0.25, 0.3) is 0 Å². The molecule has 0 saturated heterocycles. The Balaban J connectivity index is 1.79.